The molecular weight excluding hydrogens is 333 g/mol. The van der Waals surface area contributed by atoms with E-state index < -0.39 is 17.3 Å². The molecule has 2 N–H and O–H groups in total. The van der Waals surface area contributed by atoms with Gasteiger partial charge in [0.15, 0.2) is 0 Å². The van der Waals surface area contributed by atoms with Crippen molar-refractivity contribution in [3.05, 3.63) is 35.8 Å². The molecule has 0 aliphatic carbocycles. The molecule has 1 fully saturated rings. The predicted octanol–water partition coefficient (Wildman–Crippen LogP) is 2.73. The summed E-state index contributed by atoms with van der Waals surface area (Å²) >= 11 is 0. The number of anilines is 1. The highest BCUT2D eigenvalue weighted by molar-refractivity contribution is 5.48. The third kappa shape index (κ3) is 3.76. The molecule has 25 heavy (non-hydrogen) atoms. The maximum absolute atomic E-state index is 13.2. The summed E-state index contributed by atoms with van der Waals surface area (Å²) in [4.78, 5) is 5.64. The van der Waals surface area contributed by atoms with Gasteiger partial charge in [-0.25, -0.2) is 9.67 Å². The molecule has 0 spiro atoms. The quantitative estimate of drug-likeness (QED) is 0.917. The van der Waals surface area contributed by atoms with Crippen LogP contribution < -0.4 is 10.6 Å². The first kappa shape index (κ1) is 17.7. The Morgan fingerprint density at radius 3 is 2.44 bits per heavy atom. The zero-order chi connectivity index (χ0) is 18.2. The molecular formula is C16H21F3N6. The average molecular weight is 354 g/mol. The molecule has 9 heteroatoms. The van der Waals surface area contributed by atoms with E-state index in [2.05, 4.69) is 15.3 Å². The van der Waals surface area contributed by atoms with E-state index in [1.807, 2.05) is 20.0 Å². The van der Waals surface area contributed by atoms with Gasteiger partial charge in [0.1, 0.15) is 11.5 Å². The van der Waals surface area contributed by atoms with Gasteiger partial charge in [0.2, 0.25) is 0 Å². The van der Waals surface area contributed by atoms with Crippen LogP contribution >= 0.6 is 0 Å². The Balaban J connectivity index is 1.72. The second-order valence-corrected chi connectivity index (χ2v) is 6.90. The minimum Gasteiger partial charge on any atom is -0.356 e. The summed E-state index contributed by atoms with van der Waals surface area (Å²) in [5, 5.41) is 8.23. The van der Waals surface area contributed by atoms with Crippen molar-refractivity contribution in [3.8, 4) is 0 Å². The van der Waals surface area contributed by atoms with Crippen molar-refractivity contribution in [1.29, 1.82) is 0 Å². The topological polar surface area (TPSA) is 72.9 Å². The number of hydrogen-bond donors (Lipinski definition) is 1. The van der Waals surface area contributed by atoms with Crippen LogP contribution in [0.4, 0.5) is 19.0 Å². The fraction of sp³-hybridized carbons (Fsp3) is 0.562. The largest absolute Gasteiger partial charge is 0.419 e. The van der Waals surface area contributed by atoms with Gasteiger partial charge in [0, 0.05) is 19.3 Å². The number of hydrogen-bond acceptors (Lipinski definition) is 5. The molecule has 0 unspecified atom stereocenters. The molecule has 1 saturated heterocycles. The lowest BCUT2D eigenvalue weighted by Crippen LogP contribution is -2.36. The molecule has 0 atom stereocenters. The highest BCUT2D eigenvalue weighted by Crippen LogP contribution is 2.36. The van der Waals surface area contributed by atoms with Crippen LogP contribution in [0.2, 0.25) is 0 Å². The molecule has 3 heterocycles. The lowest BCUT2D eigenvalue weighted by Gasteiger charge is -2.33. The molecule has 6 nitrogen and oxygen atoms in total. The van der Waals surface area contributed by atoms with Gasteiger partial charge in [-0.3, -0.25) is 0 Å². The Bertz CT molecular complexity index is 726. The van der Waals surface area contributed by atoms with Gasteiger partial charge in [-0.2, -0.15) is 13.2 Å². The zero-order valence-electron chi connectivity index (χ0n) is 14.2. The fourth-order valence-corrected chi connectivity index (χ4v) is 2.96. The molecule has 2 aromatic heterocycles. The molecule has 1 aliphatic rings. The standard InChI is InChI=1S/C16H21F3N6/c1-15(2,20)13-10-25(23-22-13)11-5-8-24(9-6-11)14-12(16(17,18)19)4-3-7-21-14/h3-4,7,10-11H,5-6,8-9,20H2,1-2H3. The van der Waals surface area contributed by atoms with E-state index in [1.54, 1.807) is 9.58 Å². The smallest absolute Gasteiger partial charge is 0.356 e. The van der Waals surface area contributed by atoms with E-state index in [0.717, 1.165) is 6.07 Å². The Morgan fingerprint density at radius 1 is 1.20 bits per heavy atom. The number of halogens is 3. The molecule has 2 aromatic rings. The second-order valence-electron chi connectivity index (χ2n) is 6.90. The fourth-order valence-electron chi connectivity index (χ4n) is 2.96. The molecule has 1 aliphatic heterocycles. The number of pyridine rings is 1. The molecule has 0 amide bonds. The van der Waals surface area contributed by atoms with Crippen molar-refractivity contribution in [2.75, 3.05) is 18.0 Å². The number of alkyl halides is 3. The zero-order valence-corrected chi connectivity index (χ0v) is 14.2. The van der Waals surface area contributed by atoms with E-state index in [9.17, 15) is 13.2 Å². The Hall–Kier alpha value is -2.16. The van der Waals surface area contributed by atoms with E-state index >= 15 is 0 Å². The Morgan fingerprint density at radius 2 is 1.88 bits per heavy atom. The summed E-state index contributed by atoms with van der Waals surface area (Å²) in [6.07, 6.45) is 0.142. The molecule has 0 saturated carbocycles. The Labute approximate surface area is 143 Å². The van der Waals surface area contributed by atoms with Gasteiger partial charge in [-0.1, -0.05) is 5.21 Å². The predicted molar refractivity (Wildman–Crippen MR) is 87.0 cm³/mol. The number of aromatic nitrogens is 4. The third-order valence-electron chi connectivity index (χ3n) is 4.40. The molecule has 0 radical (unpaired) electrons. The van der Waals surface area contributed by atoms with E-state index in [4.69, 9.17) is 5.73 Å². The number of rotatable bonds is 3. The average Bonchev–Trinajstić information content (AvgIpc) is 3.04. The van der Waals surface area contributed by atoms with Crippen molar-refractivity contribution >= 4 is 5.82 Å². The van der Waals surface area contributed by atoms with Gasteiger partial charge >= 0.3 is 6.18 Å². The van der Waals surface area contributed by atoms with Crippen LogP contribution in [0.25, 0.3) is 0 Å². The van der Waals surface area contributed by atoms with E-state index in [1.165, 1.54) is 12.3 Å². The summed E-state index contributed by atoms with van der Waals surface area (Å²) in [5.41, 5.74) is 5.44. The van der Waals surface area contributed by atoms with Crippen molar-refractivity contribution in [1.82, 2.24) is 20.0 Å². The van der Waals surface area contributed by atoms with Gasteiger partial charge in [0.25, 0.3) is 0 Å². The monoisotopic (exact) mass is 354 g/mol. The summed E-state index contributed by atoms with van der Waals surface area (Å²) < 4.78 is 41.2. The summed E-state index contributed by atoms with van der Waals surface area (Å²) in [5.74, 6) is -0.00387. The first-order valence-electron chi connectivity index (χ1n) is 8.14. The number of piperidine rings is 1. The number of nitrogens with zero attached hydrogens (tertiary/aromatic N) is 5. The third-order valence-corrected chi connectivity index (χ3v) is 4.40. The van der Waals surface area contributed by atoms with Crippen LogP contribution in [0.15, 0.2) is 24.5 Å². The highest BCUT2D eigenvalue weighted by atomic mass is 19.4. The Kier molecular flexibility index (Phi) is 4.44. The summed E-state index contributed by atoms with van der Waals surface area (Å²) in [7, 11) is 0. The van der Waals surface area contributed by atoms with Gasteiger partial charge in [-0.15, -0.1) is 5.10 Å². The van der Waals surface area contributed by atoms with Crippen LogP contribution in [0.5, 0.6) is 0 Å². The summed E-state index contributed by atoms with van der Waals surface area (Å²) in [6.45, 7) is 4.66. The molecule has 3 rings (SSSR count). The van der Waals surface area contributed by atoms with Crippen LogP contribution in [-0.2, 0) is 11.7 Å². The van der Waals surface area contributed by atoms with Crippen LogP contribution in [-0.4, -0.2) is 33.1 Å². The van der Waals surface area contributed by atoms with Crippen molar-refractivity contribution in [2.45, 2.75) is 44.4 Å². The first-order chi connectivity index (χ1) is 11.7. The van der Waals surface area contributed by atoms with E-state index in [0.29, 0.717) is 31.6 Å². The van der Waals surface area contributed by atoms with Gasteiger partial charge < -0.3 is 10.6 Å². The lowest BCUT2D eigenvalue weighted by molar-refractivity contribution is -0.137. The molecule has 136 valence electrons. The molecule has 0 aromatic carbocycles. The second kappa shape index (κ2) is 6.29. The van der Waals surface area contributed by atoms with Crippen molar-refractivity contribution in [2.24, 2.45) is 5.73 Å². The van der Waals surface area contributed by atoms with Crippen molar-refractivity contribution in [3.63, 3.8) is 0 Å². The SMILES string of the molecule is CC(C)(N)c1cn(C2CCN(c3ncccc3C(F)(F)F)CC2)nn1. The lowest BCUT2D eigenvalue weighted by atomic mass is 10.0. The van der Waals surface area contributed by atoms with Crippen LogP contribution in [0, 0.1) is 0 Å². The van der Waals surface area contributed by atoms with Crippen LogP contribution in [0.1, 0.15) is 44.0 Å². The summed E-state index contributed by atoms with van der Waals surface area (Å²) in [6, 6.07) is 2.48. The highest BCUT2D eigenvalue weighted by Gasteiger charge is 2.36. The van der Waals surface area contributed by atoms with Crippen LogP contribution in [0.3, 0.4) is 0 Å². The normalized spacial score (nSPS) is 17.1. The minimum absolute atomic E-state index is 0.00387. The number of nitrogens with two attached hydrogens (primary N) is 1. The van der Waals surface area contributed by atoms with Gasteiger partial charge in [-0.05, 0) is 38.8 Å². The van der Waals surface area contributed by atoms with Crippen molar-refractivity contribution < 1.29 is 13.2 Å². The maximum atomic E-state index is 13.2. The minimum atomic E-state index is -4.41. The molecule has 0 bridgehead atoms. The van der Waals surface area contributed by atoms with E-state index in [-0.39, 0.29) is 11.9 Å². The van der Waals surface area contributed by atoms with Gasteiger partial charge in [0.05, 0.1) is 23.3 Å². The first-order valence-corrected chi connectivity index (χ1v) is 8.14. The maximum Gasteiger partial charge on any atom is 0.419 e.